The molecule has 0 aliphatic heterocycles. The standard InChI is InChI=1S/C16H30O/c1-3-5-6-7-8-9-10-11-12-13-14-16(4-2)15-17/h11-12,15-16H,3-10,13-14H2,1-2H3/b12-11+. The van der Waals surface area contributed by atoms with Gasteiger partial charge in [-0.3, -0.25) is 0 Å². The van der Waals surface area contributed by atoms with Crippen LogP contribution in [-0.4, -0.2) is 6.29 Å². The molecule has 0 aliphatic carbocycles. The minimum absolute atomic E-state index is 0.272. The first-order chi connectivity index (χ1) is 8.35. The van der Waals surface area contributed by atoms with E-state index < -0.39 is 0 Å². The summed E-state index contributed by atoms with van der Waals surface area (Å²) in [5.41, 5.74) is 0. The molecule has 0 aromatic heterocycles. The number of carbonyl (C=O) groups is 1. The van der Waals surface area contributed by atoms with Crippen LogP contribution in [0, 0.1) is 5.92 Å². The lowest BCUT2D eigenvalue weighted by Gasteiger charge is -2.03. The molecule has 0 rings (SSSR count). The highest BCUT2D eigenvalue weighted by Crippen LogP contribution is 2.10. The van der Waals surface area contributed by atoms with Gasteiger partial charge in [0.2, 0.25) is 0 Å². The van der Waals surface area contributed by atoms with Crippen LogP contribution in [-0.2, 0) is 4.79 Å². The van der Waals surface area contributed by atoms with Crippen LogP contribution in [0.1, 0.15) is 78.1 Å². The molecule has 1 nitrogen and oxygen atoms in total. The zero-order chi connectivity index (χ0) is 12.8. The molecule has 1 heteroatoms. The summed E-state index contributed by atoms with van der Waals surface area (Å²) < 4.78 is 0. The Morgan fingerprint density at radius 1 is 0.882 bits per heavy atom. The van der Waals surface area contributed by atoms with Gasteiger partial charge in [0.25, 0.3) is 0 Å². The molecule has 0 aliphatic rings. The Morgan fingerprint density at radius 2 is 1.53 bits per heavy atom. The summed E-state index contributed by atoms with van der Waals surface area (Å²) in [7, 11) is 0. The maximum Gasteiger partial charge on any atom is 0.123 e. The quantitative estimate of drug-likeness (QED) is 0.256. The predicted octanol–water partition coefficient (Wildman–Crippen LogP) is 5.30. The average Bonchev–Trinajstić information content (AvgIpc) is 2.36. The lowest BCUT2D eigenvalue weighted by atomic mass is 10.0. The Morgan fingerprint density at radius 3 is 2.18 bits per heavy atom. The van der Waals surface area contributed by atoms with E-state index in [0.29, 0.717) is 0 Å². The van der Waals surface area contributed by atoms with Gasteiger partial charge in [0.15, 0.2) is 0 Å². The first-order valence-electron chi connectivity index (χ1n) is 7.45. The van der Waals surface area contributed by atoms with Crippen LogP contribution in [0.3, 0.4) is 0 Å². The summed E-state index contributed by atoms with van der Waals surface area (Å²) in [6.07, 6.45) is 18.1. The van der Waals surface area contributed by atoms with Gasteiger partial charge in [-0.1, -0.05) is 58.1 Å². The molecule has 0 aromatic rings. The number of carbonyl (C=O) groups excluding carboxylic acids is 1. The molecule has 0 aromatic carbocycles. The van der Waals surface area contributed by atoms with Gasteiger partial charge in [0.05, 0.1) is 0 Å². The van der Waals surface area contributed by atoms with Crippen LogP contribution in [0.4, 0.5) is 0 Å². The average molecular weight is 238 g/mol. The van der Waals surface area contributed by atoms with Gasteiger partial charge in [0.1, 0.15) is 6.29 Å². The van der Waals surface area contributed by atoms with Crippen molar-refractivity contribution in [3.8, 4) is 0 Å². The second kappa shape index (κ2) is 13.5. The monoisotopic (exact) mass is 238 g/mol. The van der Waals surface area contributed by atoms with Crippen molar-refractivity contribution in [3.63, 3.8) is 0 Å². The van der Waals surface area contributed by atoms with Crippen molar-refractivity contribution in [3.05, 3.63) is 12.2 Å². The molecule has 0 spiro atoms. The van der Waals surface area contributed by atoms with E-state index in [1.807, 2.05) is 0 Å². The molecule has 0 N–H and O–H groups in total. The third-order valence-corrected chi connectivity index (χ3v) is 3.31. The molecule has 0 saturated heterocycles. The Hall–Kier alpha value is -0.590. The molecule has 0 saturated carbocycles. The van der Waals surface area contributed by atoms with Crippen molar-refractivity contribution < 1.29 is 4.79 Å². The summed E-state index contributed by atoms with van der Waals surface area (Å²) in [5.74, 6) is 0.272. The zero-order valence-electron chi connectivity index (χ0n) is 11.8. The molecule has 1 unspecified atom stereocenters. The topological polar surface area (TPSA) is 17.1 Å². The third-order valence-electron chi connectivity index (χ3n) is 3.31. The normalized spacial score (nSPS) is 13.1. The number of aldehydes is 1. The number of unbranched alkanes of at least 4 members (excludes halogenated alkanes) is 6. The van der Waals surface area contributed by atoms with Gasteiger partial charge in [-0.25, -0.2) is 0 Å². The van der Waals surface area contributed by atoms with Crippen molar-refractivity contribution >= 4 is 6.29 Å². The van der Waals surface area contributed by atoms with E-state index in [0.717, 1.165) is 25.5 Å². The maximum atomic E-state index is 10.6. The number of allylic oxidation sites excluding steroid dienone is 2. The largest absolute Gasteiger partial charge is 0.303 e. The van der Waals surface area contributed by atoms with Crippen LogP contribution in [0.25, 0.3) is 0 Å². The first kappa shape index (κ1) is 16.4. The van der Waals surface area contributed by atoms with Gasteiger partial charge in [-0.15, -0.1) is 0 Å². The SMILES string of the molecule is CCCCCCCC/C=C/CCC(C=O)CC. The highest BCUT2D eigenvalue weighted by Gasteiger charge is 2.01. The minimum atomic E-state index is 0.272. The zero-order valence-corrected chi connectivity index (χ0v) is 11.8. The third kappa shape index (κ3) is 11.7. The van der Waals surface area contributed by atoms with Gasteiger partial charge in [0, 0.05) is 5.92 Å². The van der Waals surface area contributed by atoms with Crippen LogP contribution in [0.5, 0.6) is 0 Å². The Bertz CT molecular complexity index is 184. The summed E-state index contributed by atoms with van der Waals surface area (Å²) in [6.45, 7) is 4.34. The first-order valence-corrected chi connectivity index (χ1v) is 7.45. The fraction of sp³-hybridized carbons (Fsp3) is 0.812. The van der Waals surface area contributed by atoms with Crippen LogP contribution >= 0.6 is 0 Å². The van der Waals surface area contributed by atoms with Crippen LogP contribution in [0.15, 0.2) is 12.2 Å². The van der Waals surface area contributed by atoms with E-state index in [9.17, 15) is 4.79 Å². The van der Waals surface area contributed by atoms with Crippen molar-refractivity contribution in [1.29, 1.82) is 0 Å². The second-order valence-corrected chi connectivity index (χ2v) is 4.91. The number of rotatable bonds is 12. The summed E-state index contributed by atoms with van der Waals surface area (Å²) in [4.78, 5) is 10.6. The van der Waals surface area contributed by atoms with E-state index in [1.54, 1.807) is 0 Å². The fourth-order valence-electron chi connectivity index (χ4n) is 1.96. The smallest absolute Gasteiger partial charge is 0.123 e. The second-order valence-electron chi connectivity index (χ2n) is 4.91. The minimum Gasteiger partial charge on any atom is -0.303 e. The van der Waals surface area contributed by atoms with Gasteiger partial charge >= 0.3 is 0 Å². The lowest BCUT2D eigenvalue weighted by Crippen LogP contribution is -1.98. The number of hydrogen-bond acceptors (Lipinski definition) is 1. The highest BCUT2D eigenvalue weighted by atomic mass is 16.1. The van der Waals surface area contributed by atoms with Crippen LogP contribution in [0.2, 0.25) is 0 Å². The Labute approximate surface area is 108 Å². The maximum absolute atomic E-state index is 10.6. The van der Waals surface area contributed by atoms with Crippen molar-refractivity contribution in [2.75, 3.05) is 0 Å². The fourth-order valence-corrected chi connectivity index (χ4v) is 1.96. The molecule has 1 atom stereocenters. The van der Waals surface area contributed by atoms with Crippen molar-refractivity contribution in [2.24, 2.45) is 5.92 Å². The van der Waals surface area contributed by atoms with E-state index in [-0.39, 0.29) is 5.92 Å². The summed E-state index contributed by atoms with van der Waals surface area (Å²) >= 11 is 0. The van der Waals surface area contributed by atoms with Gasteiger partial charge in [-0.2, -0.15) is 0 Å². The molecule has 100 valence electrons. The van der Waals surface area contributed by atoms with Crippen molar-refractivity contribution in [1.82, 2.24) is 0 Å². The Balaban J connectivity index is 3.22. The lowest BCUT2D eigenvalue weighted by molar-refractivity contribution is -0.111. The predicted molar refractivity (Wildman–Crippen MR) is 76.2 cm³/mol. The summed E-state index contributed by atoms with van der Waals surface area (Å²) in [6, 6.07) is 0. The molecule has 0 radical (unpaired) electrons. The van der Waals surface area contributed by atoms with E-state index in [1.165, 1.54) is 44.9 Å². The van der Waals surface area contributed by atoms with E-state index >= 15 is 0 Å². The van der Waals surface area contributed by atoms with Gasteiger partial charge < -0.3 is 4.79 Å². The highest BCUT2D eigenvalue weighted by molar-refractivity contribution is 5.53. The number of hydrogen-bond donors (Lipinski definition) is 0. The van der Waals surface area contributed by atoms with E-state index in [4.69, 9.17) is 0 Å². The van der Waals surface area contributed by atoms with Gasteiger partial charge in [-0.05, 0) is 32.1 Å². The molecule has 0 amide bonds. The summed E-state index contributed by atoms with van der Waals surface area (Å²) in [5, 5.41) is 0. The Kier molecular flexibility index (Phi) is 13.0. The molecule has 0 fully saturated rings. The van der Waals surface area contributed by atoms with E-state index in [2.05, 4.69) is 26.0 Å². The molecule has 0 heterocycles. The molecule has 17 heavy (non-hydrogen) atoms. The molecule has 0 bridgehead atoms. The molecular formula is C16H30O. The van der Waals surface area contributed by atoms with Crippen molar-refractivity contribution in [2.45, 2.75) is 78.1 Å². The van der Waals surface area contributed by atoms with Crippen LogP contribution < -0.4 is 0 Å². The molecular weight excluding hydrogens is 208 g/mol.